The van der Waals surface area contributed by atoms with Crippen LogP contribution in [0.15, 0.2) is 24.3 Å². The molecule has 25 heavy (non-hydrogen) atoms. The first kappa shape index (κ1) is 19.3. The fourth-order valence-corrected chi connectivity index (χ4v) is 3.06. The molecule has 5 nitrogen and oxygen atoms in total. The first-order valence-electron chi connectivity index (χ1n) is 9.19. The van der Waals surface area contributed by atoms with Crippen LogP contribution in [0.5, 0.6) is 5.75 Å². The van der Waals surface area contributed by atoms with Crippen molar-refractivity contribution in [2.24, 2.45) is 11.8 Å². The van der Waals surface area contributed by atoms with Gasteiger partial charge < -0.3 is 15.0 Å². The van der Waals surface area contributed by atoms with E-state index < -0.39 is 0 Å². The molecule has 0 radical (unpaired) electrons. The predicted molar refractivity (Wildman–Crippen MR) is 98.2 cm³/mol. The summed E-state index contributed by atoms with van der Waals surface area (Å²) < 4.78 is 5.68. The molecule has 2 rings (SSSR count). The van der Waals surface area contributed by atoms with Crippen LogP contribution in [0.25, 0.3) is 0 Å². The molecule has 0 spiro atoms. The second-order valence-corrected chi connectivity index (χ2v) is 7.29. The minimum atomic E-state index is -0.00805. The highest BCUT2D eigenvalue weighted by molar-refractivity contribution is 5.80. The SMILES string of the molecule is CC(C)Oc1cccc(CNC(=O)C2CCN(C(=O)C(C)C)CC2)c1. The second kappa shape index (κ2) is 8.88. The monoisotopic (exact) mass is 346 g/mol. The number of amides is 2. The number of benzene rings is 1. The molecule has 0 bridgehead atoms. The fourth-order valence-electron chi connectivity index (χ4n) is 3.06. The highest BCUT2D eigenvalue weighted by Crippen LogP contribution is 2.20. The van der Waals surface area contributed by atoms with Crippen LogP contribution in [-0.4, -0.2) is 35.9 Å². The van der Waals surface area contributed by atoms with E-state index in [1.807, 2.05) is 56.9 Å². The number of hydrogen-bond acceptors (Lipinski definition) is 3. The summed E-state index contributed by atoms with van der Waals surface area (Å²) in [6, 6.07) is 7.81. The van der Waals surface area contributed by atoms with E-state index >= 15 is 0 Å². The molecule has 1 saturated heterocycles. The summed E-state index contributed by atoms with van der Waals surface area (Å²) >= 11 is 0. The van der Waals surface area contributed by atoms with Gasteiger partial charge in [0.2, 0.25) is 11.8 Å². The molecule has 1 aromatic carbocycles. The first-order chi connectivity index (χ1) is 11.9. The summed E-state index contributed by atoms with van der Waals surface area (Å²) in [6.07, 6.45) is 1.60. The van der Waals surface area contributed by atoms with Gasteiger partial charge in [0.15, 0.2) is 0 Å². The van der Waals surface area contributed by atoms with Crippen LogP contribution < -0.4 is 10.1 Å². The minimum absolute atomic E-state index is 0.00805. The standard InChI is InChI=1S/C20H30N2O3/c1-14(2)20(24)22-10-8-17(9-11-22)19(23)21-13-16-6-5-7-18(12-16)25-15(3)4/h5-7,12,14-15,17H,8-11,13H2,1-4H3,(H,21,23). The molecule has 0 saturated carbocycles. The van der Waals surface area contributed by atoms with Gasteiger partial charge in [0, 0.05) is 31.5 Å². The van der Waals surface area contributed by atoms with Crippen LogP contribution in [0.4, 0.5) is 0 Å². The molecular formula is C20H30N2O3. The molecule has 1 N–H and O–H groups in total. The number of carbonyl (C=O) groups is 2. The Bertz CT molecular complexity index is 590. The molecule has 0 unspecified atom stereocenters. The van der Waals surface area contributed by atoms with E-state index in [1.165, 1.54) is 0 Å². The van der Waals surface area contributed by atoms with Gasteiger partial charge in [-0.15, -0.1) is 0 Å². The topological polar surface area (TPSA) is 58.6 Å². The molecule has 0 atom stereocenters. The predicted octanol–water partition coefficient (Wildman–Crippen LogP) is 2.98. The van der Waals surface area contributed by atoms with Gasteiger partial charge in [0.25, 0.3) is 0 Å². The number of ether oxygens (including phenoxy) is 1. The van der Waals surface area contributed by atoms with Crippen molar-refractivity contribution in [3.63, 3.8) is 0 Å². The van der Waals surface area contributed by atoms with Gasteiger partial charge in [-0.25, -0.2) is 0 Å². The van der Waals surface area contributed by atoms with Crippen molar-refractivity contribution >= 4 is 11.8 Å². The molecule has 1 aliphatic heterocycles. The molecule has 0 aliphatic carbocycles. The lowest BCUT2D eigenvalue weighted by Crippen LogP contribution is -2.44. The number of rotatable bonds is 6. The van der Waals surface area contributed by atoms with Crippen molar-refractivity contribution in [2.45, 2.75) is 53.2 Å². The van der Waals surface area contributed by atoms with Crippen molar-refractivity contribution in [1.29, 1.82) is 0 Å². The molecule has 1 fully saturated rings. The van der Waals surface area contributed by atoms with Gasteiger partial charge in [-0.3, -0.25) is 9.59 Å². The Morgan fingerprint density at radius 2 is 1.88 bits per heavy atom. The van der Waals surface area contributed by atoms with E-state index in [0.717, 1.165) is 24.2 Å². The largest absolute Gasteiger partial charge is 0.491 e. The molecule has 5 heteroatoms. The minimum Gasteiger partial charge on any atom is -0.491 e. The molecule has 1 aliphatic rings. The molecular weight excluding hydrogens is 316 g/mol. The number of piperidine rings is 1. The van der Waals surface area contributed by atoms with Crippen LogP contribution in [-0.2, 0) is 16.1 Å². The van der Waals surface area contributed by atoms with E-state index in [9.17, 15) is 9.59 Å². The van der Waals surface area contributed by atoms with Crippen LogP contribution in [0.2, 0.25) is 0 Å². The first-order valence-corrected chi connectivity index (χ1v) is 9.19. The van der Waals surface area contributed by atoms with Crippen LogP contribution >= 0.6 is 0 Å². The zero-order valence-corrected chi connectivity index (χ0v) is 15.7. The second-order valence-electron chi connectivity index (χ2n) is 7.29. The van der Waals surface area contributed by atoms with Crippen LogP contribution in [0.1, 0.15) is 46.1 Å². The number of nitrogens with zero attached hydrogens (tertiary/aromatic N) is 1. The van der Waals surface area contributed by atoms with Crippen molar-refractivity contribution in [2.75, 3.05) is 13.1 Å². The van der Waals surface area contributed by atoms with Gasteiger partial charge in [0.05, 0.1) is 6.10 Å². The van der Waals surface area contributed by atoms with Crippen molar-refractivity contribution in [1.82, 2.24) is 10.2 Å². The van der Waals surface area contributed by atoms with E-state index in [2.05, 4.69) is 5.32 Å². The quantitative estimate of drug-likeness (QED) is 0.861. The van der Waals surface area contributed by atoms with Gasteiger partial charge in [-0.2, -0.15) is 0 Å². The van der Waals surface area contributed by atoms with Crippen molar-refractivity contribution in [3.8, 4) is 5.75 Å². The zero-order valence-electron chi connectivity index (χ0n) is 15.7. The average Bonchev–Trinajstić information content (AvgIpc) is 2.59. The Labute approximate surface area is 150 Å². The van der Waals surface area contributed by atoms with Gasteiger partial charge >= 0.3 is 0 Å². The third-order valence-electron chi connectivity index (χ3n) is 4.41. The number of carbonyl (C=O) groups excluding carboxylic acids is 2. The third kappa shape index (κ3) is 5.76. The Morgan fingerprint density at radius 3 is 2.48 bits per heavy atom. The summed E-state index contributed by atoms with van der Waals surface area (Å²) in [5.41, 5.74) is 1.03. The Kier molecular flexibility index (Phi) is 6.85. The Hall–Kier alpha value is -2.04. The zero-order chi connectivity index (χ0) is 18.4. The number of hydrogen-bond donors (Lipinski definition) is 1. The summed E-state index contributed by atoms with van der Waals surface area (Å²) in [4.78, 5) is 26.3. The molecule has 2 amide bonds. The number of likely N-dealkylation sites (tertiary alicyclic amines) is 1. The maximum absolute atomic E-state index is 12.4. The average molecular weight is 346 g/mol. The van der Waals surface area contributed by atoms with E-state index in [1.54, 1.807) is 0 Å². The lowest BCUT2D eigenvalue weighted by molar-refractivity contribution is -0.138. The highest BCUT2D eigenvalue weighted by atomic mass is 16.5. The maximum Gasteiger partial charge on any atom is 0.225 e. The number of nitrogens with one attached hydrogen (secondary N) is 1. The van der Waals surface area contributed by atoms with E-state index in [0.29, 0.717) is 19.6 Å². The van der Waals surface area contributed by atoms with Crippen molar-refractivity contribution in [3.05, 3.63) is 29.8 Å². The van der Waals surface area contributed by atoms with E-state index in [4.69, 9.17) is 4.74 Å². The summed E-state index contributed by atoms with van der Waals surface area (Å²) in [5.74, 6) is 1.09. The van der Waals surface area contributed by atoms with Crippen LogP contribution in [0.3, 0.4) is 0 Å². The van der Waals surface area contributed by atoms with Crippen LogP contribution in [0, 0.1) is 11.8 Å². The smallest absolute Gasteiger partial charge is 0.225 e. The van der Waals surface area contributed by atoms with Gasteiger partial charge in [-0.1, -0.05) is 26.0 Å². The summed E-state index contributed by atoms with van der Waals surface area (Å²) in [5, 5.41) is 3.02. The molecule has 138 valence electrons. The normalized spacial score (nSPS) is 15.5. The lowest BCUT2D eigenvalue weighted by Gasteiger charge is -2.32. The Morgan fingerprint density at radius 1 is 1.20 bits per heavy atom. The van der Waals surface area contributed by atoms with E-state index in [-0.39, 0.29) is 29.8 Å². The Balaban J connectivity index is 1.80. The molecule has 1 aromatic rings. The maximum atomic E-state index is 12.4. The van der Waals surface area contributed by atoms with Crippen molar-refractivity contribution < 1.29 is 14.3 Å². The summed E-state index contributed by atoms with van der Waals surface area (Å²) in [6.45, 7) is 9.66. The molecule has 0 aromatic heterocycles. The molecule has 1 heterocycles. The fraction of sp³-hybridized carbons (Fsp3) is 0.600. The van der Waals surface area contributed by atoms with Gasteiger partial charge in [0.1, 0.15) is 5.75 Å². The lowest BCUT2D eigenvalue weighted by atomic mass is 9.95. The third-order valence-corrected chi connectivity index (χ3v) is 4.41. The summed E-state index contributed by atoms with van der Waals surface area (Å²) in [7, 11) is 0. The highest BCUT2D eigenvalue weighted by Gasteiger charge is 2.27. The van der Waals surface area contributed by atoms with Gasteiger partial charge in [-0.05, 0) is 44.4 Å².